The molecule has 2 rings (SSSR count). The third kappa shape index (κ3) is 3.31. The van der Waals surface area contributed by atoms with E-state index in [1.165, 1.54) is 23.7 Å². The summed E-state index contributed by atoms with van der Waals surface area (Å²) in [4.78, 5) is 8.80. The molecule has 9 heteroatoms. The van der Waals surface area contributed by atoms with Crippen LogP contribution in [-0.2, 0) is 16.4 Å². The van der Waals surface area contributed by atoms with Crippen LogP contribution in [0.15, 0.2) is 34.8 Å². The number of aromatic nitrogens is 2. The molecule has 0 bridgehead atoms. The number of likely N-dealkylation sites (N-methyl/N-ethyl adjacent to an activating group) is 1. The van der Waals surface area contributed by atoms with Crippen molar-refractivity contribution in [3.05, 3.63) is 34.8 Å². The molecule has 0 spiro atoms. The Morgan fingerprint density at radius 1 is 1.40 bits per heavy atom. The molecule has 0 radical (unpaired) electrons. The molecule has 0 amide bonds. The predicted molar refractivity (Wildman–Crippen MR) is 77.7 cm³/mol. The highest BCUT2D eigenvalue weighted by Gasteiger charge is 2.21. The molecule has 0 aliphatic rings. The minimum atomic E-state index is -3.57. The first-order valence-electron chi connectivity index (χ1n) is 5.81. The van der Waals surface area contributed by atoms with E-state index < -0.39 is 10.0 Å². The van der Waals surface area contributed by atoms with Crippen molar-refractivity contribution in [1.82, 2.24) is 14.3 Å². The second-order valence-corrected chi connectivity index (χ2v) is 7.12. The van der Waals surface area contributed by atoms with Crippen molar-refractivity contribution in [2.45, 2.75) is 11.3 Å². The lowest BCUT2D eigenvalue weighted by molar-refractivity contribution is 0.473. The van der Waals surface area contributed by atoms with Gasteiger partial charge in [0.05, 0.1) is 12.4 Å². The van der Waals surface area contributed by atoms with Crippen molar-refractivity contribution in [1.29, 1.82) is 0 Å². The zero-order valence-electron chi connectivity index (χ0n) is 10.9. The van der Waals surface area contributed by atoms with Crippen LogP contribution in [0.4, 0.5) is 5.95 Å². The van der Waals surface area contributed by atoms with Gasteiger partial charge in [0, 0.05) is 18.5 Å². The summed E-state index contributed by atoms with van der Waals surface area (Å²) in [5.74, 6) is 5.31. The highest BCUT2D eigenvalue weighted by Crippen LogP contribution is 2.15. The van der Waals surface area contributed by atoms with Crippen LogP contribution in [0.25, 0.3) is 0 Å². The Morgan fingerprint density at radius 2 is 2.10 bits per heavy atom. The monoisotopic (exact) mass is 313 g/mol. The first-order chi connectivity index (χ1) is 9.54. The van der Waals surface area contributed by atoms with Crippen LogP contribution in [0.3, 0.4) is 0 Å². The predicted octanol–water partition coefficient (Wildman–Crippen LogP) is 0.687. The maximum atomic E-state index is 12.3. The van der Waals surface area contributed by atoms with Gasteiger partial charge in [0.25, 0.3) is 0 Å². The molecule has 2 heterocycles. The molecule has 2 aromatic heterocycles. The maximum Gasteiger partial charge on any atom is 0.245 e. The largest absolute Gasteiger partial charge is 0.292 e. The summed E-state index contributed by atoms with van der Waals surface area (Å²) in [6.07, 6.45) is 3.15. The number of thiophene rings is 1. The highest BCUT2D eigenvalue weighted by molar-refractivity contribution is 7.89. The van der Waals surface area contributed by atoms with Gasteiger partial charge in [-0.3, -0.25) is 5.43 Å². The summed E-state index contributed by atoms with van der Waals surface area (Å²) >= 11 is 1.61. The second-order valence-electron chi connectivity index (χ2n) is 4.04. The third-order valence-corrected chi connectivity index (χ3v) is 5.46. The lowest BCUT2D eigenvalue weighted by atomic mass is 10.3. The van der Waals surface area contributed by atoms with E-state index in [0.717, 1.165) is 4.88 Å². The molecule has 3 N–H and O–H groups in total. The van der Waals surface area contributed by atoms with E-state index in [9.17, 15) is 8.42 Å². The number of hydrogen-bond donors (Lipinski definition) is 2. The molecule has 0 fully saturated rings. The fourth-order valence-corrected chi connectivity index (χ4v) is 3.31. The van der Waals surface area contributed by atoms with Crippen LogP contribution in [-0.4, -0.2) is 36.3 Å². The summed E-state index contributed by atoms with van der Waals surface area (Å²) in [7, 11) is -2.03. The Morgan fingerprint density at radius 3 is 2.65 bits per heavy atom. The SMILES string of the molecule is CN(CCc1cccs1)S(=O)(=O)c1cnc(NN)nc1. The molecule has 0 aliphatic carbocycles. The fraction of sp³-hybridized carbons (Fsp3) is 0.273. The van der Waals surface area contributed by atoms with Gasteiger partial charge in [0.15, 0.2) is 0 Å². The Labute approximate surface area is 121 Å². The number of nitrogens with one attached hydrogen (secondary N) is 1. The minimum Gasteiger partial charge on any atom is -0.292 e. The van der Waals surface area contributed by atoms with Gasteiger partial charge < -0.3 is 0 Å². The van der Waals surface area contributed by atoms with E-state index in [0.29, 0.717) is 13.0 Å². The number of rotatable bonds is 6. The normalized spacial score (nSPS) is 11.8. The minimum absolute atomic E-state index is 0.0465. The van der Waals surface area contributed by atoms with Crippen molar-refractivity contribution >= 4 is 27.3 Å². The molecular weight excluding hydrogens is 298 g/mol. The van der Waals surface area contributed by atoms with Gasteiger partial charge in [-0.25, -0.2) is 28.5 Å². The van der Waals surface area contributed by atoms with Crippen LogP contribution in [0.2, 0.25) is 0 Å². The van der Waals surface area contributed by atoms with Crippen molar-refractivity contribution < 1.29 is 8.42 Å². The summed E-state index contributed by atoms with van der Waals surface area (Å²) in [6, 6.07) is 3.93. The van der Waals surface area contributed by atoms with E-state index in [1.54, 1.807) is 11.3 Å². The standard InChI is InChI=1S/C11H15N5O2S2/c1-16(5-4-9-3-2-6-19-9)20(17,18)10-7-13-11(15-12)14-8-10/h2-3,6-8H,4-5,12H2,1H3,(H,13,14,15). The molecule has 108 valence electrons. The molecular formula is C11H15N5O2S2. The second kappa shape index (κ2) is 6.27. The third-order valence-electron chi connectivity index (χ3n) is 2.72. The lowest BCUT2D eigenvalue weighted by Gasteiger charge is -2.16. The van der Waals surface area contributed by atoms with E-state index in [1.807, 2.05) is 17.5 Å². The van der Waals surface area contributed by atoms with Crippen molar-refractivity contribution in [3.63, 3.8) is 0 Å². The number of hydrogen-bond acceptors (Lipinski definition) is 7. The Kier molecular flexibility index (Phi) is 4.65. The molecule has 0 aliphatic heterocycles. The van der Waals surface area contributed by atoms with E-state index in [4.69, 9.17) is 5.84 Å². The van der Waals surface area contributed by atoms with Crippen molar-refractivity contribution in [2.75, 3.05) is 19.0 Å². The smallest absolute Gasteiger partial charge is 0.245 e. The summed E-state index contributed by atoms with van der Waals surface area (Å²) < 4.78 is 25.9. The van der Waals surface area contributed by atoms with Crippen LogP contribution in [0.1, 0.15) is 4.88 Å². The topological polar surface area (TPSA) is 101 Å². The van der Waals surface area contributed by atoms with Crippen LogP contribution in [0, 0.1) is 0 Å². The first kappa shape index (κ1) is 14.9. The van der Waals surface area contributed by atoms with Gasteiger partial charge in [0.1, 0.15) is 4.90 Å². The number of nitrogens with zero attached hydrogens (tertiary/aromatic N) is 3. The zero-order chi connectivity index (χ0) is 14.6. The molecule has 0 aromatic carbocycles. The number of nitrogens with two attached hydrogens (primary N) is 1. The zero-order valence-corrected chi connectivity index (χ0v) is 12.5. The van der Waals surface area contributed by atoms with E-state index >= 15 is 0 Å². The van der Waals surface area contributed by atoms with Gasteiger partial charge in [-0.05, 0) is 17.9 Å². The summed E-state index contributed by atoms with van der Waals surface area (Å²) in [5.41, 5.74) is 2.25. The molecule has 0 saturated heterocycles. The summed E-state index contributed by atoms with van der Waals surface area (Å²) in [6.45, 7) is 0.403. The molecule has 0 saturated carbocycles. The van der Waals surface area contributed by atoms with Crippen LogP contribution in [0.5, 0.6) is 0 Å². The fourth-order valence-electron chi connectivity index (χ4n) is 1.55. The van der Waals surface area contributed by atoms with Gasteiger partial charge in [-0.15, -0.1) is 11.3 Å². The van der Waals surface area contributed by atoms with Crippen LogP contribution < -0.4 is 11.3 Å². The Hall–Kier alpha value is -1.55. The molecule has 2 aromatic rings. The average Bonchev–Trinajstić information content (AvgIpc) is 2.98. The number of sulfonamides is 1. The van der Waals surface area contributed by atoms with Gasteiger partial charge >= 0.3 is 0 Å². The first-order valence-corrected chi connectivity index (χ1v) is 8.13. The molecule has 20 heavy (non-hydrogen) atoms. The van der Waals surface area contributed by atoms with Crippen LogP contribution >= 0.6 is 11.3 Å². The maximum absolute atomic E-state index is 12.3. The Bertz CT molecular complexity index is 640. The van der Waals surface area contributed by atoms with Gasteiger partial charge in [-0.1, -0.05) is 6.07 Å². The van der Waals surface area contributed by atoms with E-state index in [2.05, 4.69) is 15.4 Å². The average molecular weight is 313 g/mol. The van der Waals surface area contributed by atoms with Gasteiger partial charge in [-0.2, -0.15) is 0 Å². The Balaban J connectivity index is 2.07. The summed E-state index contributed by atoms with van der Waals surface area (Å²) in [5, 5.41) is 1.97. The molecule has 0 unspecified atom stereocenters. The number of hydrazine groups is 1. The number of nitrogen functional groups attached to an aromatic ring is 1. The molecule has 0 atom stereocenters. The van der Waals surface area contributed by atoms with E-state index in [-0.39, 0.29) is 10.8 Å². The van der Waals surface area contributed by atoms with Crippen molar-refractivity contribution in [3.8, 4) is 0 Å². The van der Waals surface area contributed by atoms with Crippen molar-refractivity contribution in [2.24, 2.45) is 5.84 Å². The highest BCUT2D eigenvalue weighted by atomic mass is 32.2. The van der Waals surface area contributed by atoms with Gasteiger partial charge in [0.2, 0.25) is 16.0 Å². The molecule has 7 nitrogen and oxygen atoms in total. The quantitative estimate of drug-likeness (QED) is 0.601. The number of anilines is 1. The lowest BCUT2D eigenvalue weighted by Crippen LogP contribution is -2.29.